The molecule has 3 N–H and O–H groups in total. The van der Waals surface area contributed by atoms with Gasteiger partial charge in [-0.3, -0.25) is 9.59 Å². The molecule has 2 rings (SSSR count). The van der Waals surface area contributed by atoms with E-state index in [-0.39, 0.29) is 23.0 Å². The molecule has 8 nitrogen and oxygen atoms in total. The van der Waals surface area contributed by atoms with Crippen molar-refractivity contribution < 1.29 is 22.7 Å². The van der Waals surface area contributed by atoms with E-state index in [9.17, 15) is 18.0 Å². The van der Waals surface area contributed by atoms with Gasteiger partial charge in [0, 0.05) is 17.8 Å². The first-order valence-electron chi connectivity index (χ1n) is 8.22. The number of carbonyl (C=O) groups is 2. The van der Waals surface area contributed by atoms with Gasteiger partial charge in [-0.2, -0.15) is 4.31 Å². The number of hydrogen-bond donors (Lipinski definition) is 2. The van der Waals surface area contributed by atoms with Gasteiger partial charge in [0.2, 0.25) is 21.8 Å². The summed E-state index contributed by atoms with van der Waals surface area (Å²) in [6.45, 7) is 1.32. The third-order valence-corrected chi connectivity index (χ3v) is 6.10. The van der Waals surface area contributed by atoms with Crippen LogP contribution in [0.15, 0.2) is 47.4 Å². The Kier molecular flexibility index (Phi) is 7.00. The van der Waals surface area contributed by atoms with Crippen molar-refractivity contribution in [2.45, 2.75) is 11.8 Å². The Morgan fingerprint density at radius 3 is 2.32 bits per heavy atom. The topological polar surface area (TPSA) is 119 Å². The highest BCUT2D eigenvalue weighted by molar-refractivity contribution is 7.89. The molecule has 2 aromatic carbocycles. The molecule has 28 heavy (non-hydrogen) atoms. The van der Waals surface area contributed by atoms with E-state index in [2.05, 4.69) is 5.32 Å². The molecule has 0 aliphatic heterocycles. The number of amides is 2. The number of benzene rings is 2. The van der Waals surface area contributed by atoms with Crippen LogP contribution in [-0.2, 0) is 14.8 Å². The van der Waals surface area contributed by atoms with E-state index in [4.69, 9.17) is 22.1 Å². The van der Waals surface area contributed by atoms with Crippen molar-refractivity contribution in [2.24, 2.45) is 5.73 Å². The zero-order valence-electron chi connectivity index (χ0n) is 15.3. The molecule has 0 aromatic heterocycles. The van der Waals surface area contributed by atoms with Gasteiger partial charge in [-0.05, 0) is 42.5 Å². The normalized spacial score (nSPS) is 11.3. The smallest absolute Gasteiger partial charge is 0.248 e. The number of nitrogens with one attached hydrogen (secondary N) is 1. The number of ether oxygens (including phenoxy) is 1. The van der Waals surface area contributed by atoms with E-state index in [1.54, 1.807) is 6.92 Å². The summed E-state index contributed by atoms with van der Waals surface area (Å²) >= 11 is 6.01. The molecule has 0 aliphatic carbocycles. The minimum Gasteiger partial charge on any atom is -0.495 e. The number of likely N-dealkylation sites (N-methyl/N-ethyl adjacent to an activating group) is 1. The number of rotatable bonds is 8. The van der Waals surface area contributed by atoms with Crippen molar-refractivity contribution in [1.29, 1.82) is 0 Å². The van der Waals surface area contributed by atoms with Gasteiger partial charge in [0.1, 0.15) is 5.75 Å². The second-order valence-corrected chi connectivity index (χ2v) is 8.06. The van der Waals surface area contributed by atoms with Gasteiger partial charge in [0.25, 0.3) is 0 Å². The largest absolute Gasteiger partial charge is 0.495 e. The van der Waals surface area contributed by atoms with Crippen molar-refractivity contribution in [3.63, 3.8) is 0 Å². The quantitative estimate of drug-likeness (QED) is 0.671. The zero-order valence-corrected chi connectivity index (χ0v) is 16.9. The van der Waals surface area contributed by atoms with Gasteiger partial charge >= 0.3 is 0 Å². The van der Waals surface area contributed by atoms with Crippen LogP contribution >= 0.6 is 11.6 Å². The highest BCUT2D eigenvalue weighted by Gasteiger charge is 2.26. The maximum atomic E-state index is 12.8. The summed E-state index contributed by atoms with van der Waals surface area (Å²) in [7, 11) is -2.51. The summed E-state index contributed by atoms with van der Waals surface area (Å²) < 4.78 is 31.7. The number of primary amides is 1. The molecule has 0 aliphatic rings. The molecule has 0 unspecified atom stereocenters. The van der Waals surface area contributed by atoms with Crippen LogP contribution in [0.4, 0.5) is 5.69 Å². The molecule has 0 fully saturated rings. The van der Waals surface area contributed by atoms with Crippen LogP contribution in [0.1, 0.15) is 17.3 Å². The average Bonchev–Trinajstić information content (AvgIpc) is 2.66. The first kappa shape index (κ1) is 21.7. The number of nitrogens with two attached hydrogens (primary N) is 1. The molecule has 0 saturated carbocycles. The van der Waals surface area contributed by atoms with Crippen LogP contribution in [0.5, 0.6) is 5.75 Å². The van der Waals surface area contributed by atoms with E-state index < -0.39 is 21.8 Å². The minimum absolute atomic E-state index is 0.0428. The van der Waals surface area contributed by atoms with Gasteiger partial charge in [-0.15, -0.1) is 0 Å². The van der Waals surface area contributed by atoms with Gasteiger partial charge in [0.05, 0.1) is 23.6 Å². The first-order valence-corrected chi connectivity index (χ1v) is 10.0. The van der Waals surface area contributed by atoms with Gasteiger partial charge < -0.3 is 15.8 Å². The molecule has 2 aromatic rings. The lowest BCUT2D eigenvalue weighted by Gasteiger charge is -2.20. The highest BCUT2D eigenvalue weighted by atomic mass is 35.5. The van der Waals surface area contributed by atoms with Crippen LogP contribution in [0.25, 0.3) is 0 Å². The van der Waals surface area contributed by atoms with Crippen molar-refractivity contribution in [1.82, 2.24) is 4.31 Å². The monoisotopic (exact) mass is 425 g/mol. The Balaban J connectivity index is 2.14. The third kappa shape index (κ3) is 5.00. The maximum absolute atomic E-state index is 12.8. The second-order valence-electron chi connectivity index (χ2n) is 5.72. The number of hydrogen-bond acceptors (Lipinski definition) is 5. The van der Waals surface area contributed by atoms with Crippen LogP contribution in [0, 0.1) is 0 Å². The SMILES string of the molecule is CCN(CC(=O)Nc1ccc(C(N)=O)cc1)S(=O)(=O)c1ccc(OC)c(Cl)c1. The van der Waals surface area contributed by atoms with E-state index in [1.165, 1.54) is 49.6 Å². The van der Waals surface area contributed by atoms with Crippen LogP contribution in [-0.4, -0.2) is 44.7 Å². The molecular formula is C18H20ClN3O5S. The molecule has 10 heteroatoms. The number of methoxy groups -OCH3 is 1. The van der Waals surface area contributed by atoms with Crippen LogP contribution < -0.4 is 15.8 Å². The van der Waals surface area contributed by atoms with E-state index in [0.29, 0.717) is 17.0 Å². The van der Waals surface area contributed by atoms with Crippen LogP contribution in [0.2, 0.25) is 5.02 Å². The Morgan fingerprint density at radius 2 is 1.82 bits per heavy atom. The van der Waals surface area contributed by atoms with Crippen molar-refractivity contribution >= 4 is 39.1 Å². The fourth-order valence-corrected chi connectivity index (χ4v) is 4.16. The van der Waals surface area contributed by atoms with Crippen molar-refractivity contribution in [3.8, 4) is 5.75 Å². The minimum atomic E-state index is -3.93. The molecule has 0 saturated heterocycles. The fraction of sp³-hybridized carbons (Fsp3) is 0.222. The Hall–Kier alpha value is -2.62. The first-order chi connectivity index (χ1) is 13.2. The molecular weight excluding hydrogens is 406 g/mol. The number of anilines is 1. The molecule has 0 radical (unpaired) electrons. The third-order valence-electron chi connectivity index (χ3n) is 3.89. The van der Waals surface area contributed by atoms with E-state index in [0.717, 1.165) is 4.31 Å². The standard InChI is InChI=1S/C18H20ClN3O5S/c1-3-22(28(25,26)14-8-9-16(27-2)15(19)10-14)11-17(23)21-13-6-4-12(5-7-13)18(20)24/h4-10H,3,11H2,1-2H3,(H2,20,24)(H,21,23). The number of sulfonamides is 1. The number of carbonyl (C=O) groups excluding carboxylic acids is 2. The summed E-state index contributed by atoms with van der Waals surface area (Å²) in [5, 5.41) is 2.73. The van der Waals surface area contributed by atoms with Gasteiger partial charge in [-0.25, -0.2) is 8.42 Å². The molecule has 0 bridgehead atoms. The number of halogens is 1. The molecule has 2 amide bonds. The lowest BCUT2D eigenvalue weighted by molar-refractivity contribution is -0.116. The summed E-state index contributed by atoms with van der Waals surface area (Å²) in [5.74, 6) is -0.767. The summed E-state index contributed by atoms with van der Waals surface area (Å²) in [5.41, 5.74) is 5.88. The molecule has 150 valence electrons. The zero-order chi connectivity index (χ0) is 20.9. The van der Waals surface area contributed by atoms with Crippen molar-refractivity contribution in [2.75, 3.05) is 25.5 Å². The van der Waals surface area contributed by atoms with E-state index in [1.807, 2.05) is 0 Å². The van der Waals surface area contributed by atoms with Gasteiger partial charge in [0.15, 0.2) is 0 Å². The maximum Gasteiger partial charge on any atom is 0.248 e. The van der Waals surface area contributed by atoms with Crippen LogP contribution in [0.3, 0.4) is 0 Å². The average molecular weight is 426 g/mol. The Labute approximate surface area is 168 Å². The lowest BCUT2D eigenvalue weighted by Crippen LogP contribution is -2.37. The predicted molar refractivity (Wildman–Crippen MR) is 106 cm³/mol. The summed E-state index contributed by atoms with van der Waals surface area (Å²) in [6.07, 6.45) is 0. The Morgan fingerprint density at radius 1 is 1.18 bits per heavy atom. The summed E-state index contributed by atoms with van der Waals surface area (Å²) in [6, 6.07) is 10.0. The summed E-state index contributed by atoms with van der Waals surface area (Å²) in [4.78, 5) is 23.3. The van der Waals surface area contributed by atoms with Gasteiger partial charge in [-0.1, -0.05) is 18.5 Å². The van der Waals surface area contributed by atoms with E-state index >= 15 is 0 Å². The Bertz CT molecular complexity index is 977. The number of nitrogens with zero attached hydrogens (tertiary/aromatic N) is 1. The molecule has 0 spiro atoms. The fourth-order valence-electron chi connectivity index (χ4n) is 2.40. The lowest BCUT2D eigenvalue weighted by atomic mass is 10.2. The van der Waals surface area contributed by atoms with Crippen molar-refractivity contribution in [3.05, 3.63) is 53.1 Å². The molecule has 0 atom stereocenters. The highest BCUT2D eigenvalue weighted by Crippen LogP contribution is 2.28. The predicted octanol–water partition coefficient (Wildman–Crippen LogP) is 2.10. The second kappa shape index (κ2) is 9.05. The molecule has 0 heterocycles.